The fourth-order valence-electron chi connectivity index (χ4n) is 8.29. The van der Waals surface area contributed by atoms with Gasteiger partial charge in [0.05, 0.1) is 6.61 Å². The minimum atomic E-state index is -1.92. The van der Waals surface area contributed by atoms with Crippen molar-refractivity contribution in [3.05, 3.63) is 109 Å². The van der Waals surface area contributed by atoms with E-state index in [9.17, 15) is 34.5 Å². The second-order valence-corrected chi connectivity index (χ2v) is 19.9. The molecule has 1 fully saturated rings. The first-order valence-electron chi connectivity index (χ1n) is 29.9. The Bertz CT molecular complexity index is 1750. The van der Waals surface area contributed by atoms with Crippen LogP contribution < -0.4 is 0 Å². The molecule has 0 saturated carbocycles. The van der Waals surface area contributed by atoms with E-state index >= 15 is 0 Å². The maximum absolute atomic E-state index is 13.1. The highest BCUT2D eigenvalue weighted by molar-refractivity contribution is 5.74. The van der Waals surface area contributed by atoms with Gasteiger partial charge in [-0.1, -0.05) is 201 Å². The van der Waals surface area contributed by atoms with Gasteiger partial charge in [0.25, 0.3) is 0 Å². The van der Waals surface area contributed by atoms with Crippen molar-refractivity contribution >= 4 is 23.9 Å². The number of aliphatic hydroxyl groups is 2. The molecular weight excluding hydrogens is 973 g/mol. The van der Waals surface area contributed by atoms with E-state index < -0.39 is 67.3 Å². The third kappa shape index (κ3) is 42.1. The van der Waals surface area contributed by atoms with Gasteiger partial charge in [0.15, 0.2) is 24.6 Å². The van der Waals surface area contributed by atoms with Gasteiger partial charge in [0, 0.05) is 19.3 Å². The second kappa shape index (κ2) is 52.1. The molecule has 0 aromatic carbocycles. The van der Waals surface area contributed by atoms with Gasteiger partial charge in [-0.05, 0) is 116 Å². The van der Waals surface area contributed by atoms with Crippen LogP contribution in [0.1, 0.15) is 226 Å². The van der Waals surface area contributed by atoms with Gasteiger partial charge >= 0.3 is 23.9 Å². The molecule has 0 aromatic rings. The first kappa shape index (κ1) is 70.4. The van der Waals surface area contributed by atoms with Crippen LogP contribution in [0.25, 0.3) is 0 Å². The lowest BCUT2D eigenvalue weighted by molar-refractivity contribution is -0.301. The Kier molecular flexibility index (Phi) is 47.6. The van der Waals surface area contributed by atoms with Crippen molar-refractivity contribution in [1.29, 1.82) is 0 Å². The monoisotopic (exact) mass is 1080 g/mol. The molecule has 0 radical (unpaired) electrons. The predicted molar refractivity (Wildman–Crippen MR) is 312 cm³/mol. The third-order valence-corrected chi connectivity index (χ3v) is 12.8. The van der Waals surface area contributed by atoms with Crippen LogP contribution in [0, 0.1) is 0 Å². The number of carboxylic acids is 1. The number of hydrogen-bond donors (Lipinski definition) is 3. The summed E-state index contributed by atoms with van der Waals surface area (Å²) in [7, 11) is 0. The molecule has 0 aromatic heterocycles. The highest BCUT2D eigenvalue weighted by atomic mass is 16.7. The Balaban J connectivity index is 2.73. The smallest absolute Gasteiger partial charge is 0.335 e. The number of carboxylic acid groups (broad SMARTS) is 1. The number of carbonyl (C=O) groups excluding carboxylic acids is 3. The number of rotatable bonds is 49. The van der Waals surface area contributed by atoms with Gasteiger partial charge in [-0.2, -0.15) is 0 Å². The molecule has 6 atom stereocenters. The summed E-state index contributed by atoms with van der Waals surface area (Å²) >= 11 is 0. The first-order chi connectivity index (χ1) is 37.6. The molecule has 12 heteroatoms. The summed E-state index contributed by atoms with van der Waals surface area (Å²) in [5.41, 5.74) is 0. The van der Waals surface area contributed by atoms with Crippen molar-refractivity contribution in [2.45, 2.75) is 263 Å². The maximum Gasteiger partial charge on any atom is 0.335 e. The Morgan fingerprint density at radius 3 is 1.30 bits per heavy atom. The van der Waals surface area contributed by atoms with Crippen molar-refractivity contribution in [3.8, 4) is 0 Å². The van der Waals surface area contributed by atoms with Crippen LogP contribution in [0.3, 0.4) is 0 Å². The molecule has 3 N–H and O–H groups in total. The fourth-order valence-corrected chi connectivity index (χ4v) is 8.29. The van der Waals surface area contributed by atoms with E-state index in [4.69, 9.17) is 23.7 Å². The molecule has 0 amide bonds. The van der Waals surface area contributed by atoms with E-state index in [1.165, 1.54) is 25.7 Å². The highest BCUT2D eigenvalue weighted by Crippen LogP contribution is 2.26. The van der Waals surface area contributed by atoms with Crippen LogP contribution >= 0.6 is 0 Å². The number of hydrogen-bond acceptors (Lipinski definition) is 11. The standard InChI is InChI=1S/C65H104O12/c1-4-7-10-13-16-19-22-25-27-29-31-34-36-39-42-45-48-51-57(66)73-54-56(75-58(67)52-49-46-43-40-37-33-24-21-18-15-12-9-6-3)55-74-65-63(61(70)60(69)62(77-65)64(71)72)76-59(68)53-50-47-44-41-38-35-32-30-28-26-23-20-17-14-11-8-5-2/h7-8,10-11,16-17,19-21,24-28,31,34,39,42,56,60-63,65,69-70H,4-6,9,12-15,18,22-23,29-30,32-33,35-38,40-41,43-55H2,1-3H3,(H,71,72)/b10-7-,11-8-,19-16-,20-17-,24-21-,27-25-,28-26-,34-31-,42-39-. The largest absolute Gasteiger partial charge is 0.479 e. The fraction of sp³-hybridized carbons (Fsp3) is 0.662. The van der Waals surface area contributed by atoms with Crippen molar-refractivity contribution in [2.24, 2.45) is 0 Å². The number of aliphatic hydroxyl groups excluding tert-OH is 2. The van der Waals surface area contributed by atoms with Gasteiger partial charge < -0.3 is 39.0 Å². The third-order valence-electron chi connectivity index (χ3n) is 12.8. The minimum Gasteiger partial charge on any atom is -0.479 e. The van der Waals surface area contributed by atoms with Crippen LogP contribution in [0.15, 0.2) is 109 Å². The molecule has 77 heavy (non-hydrogen) atoms. The van der Waals surface area contributed by atoms with E-state index in [2.05, 4.69) is 124 Å². The number of esters is 3. The highest BCUT2D eigenvalue weighted by Gasteiger charge is 2.50. The number of carbonyl (C=O) groups is 4. The van der Waals surface area contributed by atoms with Crippen LogP contribution in [0.4, 0.5) is 0 Å². The average molecular weight is 1080 g/mol. The minimum absolute atomic E-state index is 0.0377. The summed E-state index contributed by atoms with van der Waals surface area (Å²) in [6.07, 6.45) is 57.7. The molecule has 0 bridgehead atoms. The molecule has 0 aliphatic carbocycles. The number of unbranched alkanes of at least 4 members (excludes halogenated alkanes) is 17. The molecule has 6 unspecified atom stereocenters. The van der Waals surface area contributed by atoms with Crippen LogP contribution in [0.2, 0.25) is 0 Å². The normalized spacial score (nSPS) is 18.8. The summed E-state index contributed by atoms with van der Waals surface area (Å²) in [4.78, 5) is 51.1. The number of aliphatic carboxylic acids is 1. The summed E-state index contributed by atoms with van der Waals surface area (Å²) in [6.45, 7) is 5.69. The van der Waals surface area contributed by atoms with E-state index in [0.29, 0.717) is 25.7 Å². The second-order valence-electron chi connectivity index (χ2n) is 19.9. The Labute approximate surface area is 465 Å². The molecule has 1 aliphatic rings. The summed E-state index contributed by atoms with van der Waals surface area (Å²) in [6, 6.07) is 0. The zero-order valence-corrected chi connectivity index (χ0v) is 47.9. The molecule has 436 valence electrons. The maximum atomic E-state index is 13.1. The molecule has 0 spiro atoms. The zero-order valence-electron chi connectivity index (χ0n) is 47.9. The number of ether oxygens (including phenoxy) is 5. The lowest BCUT2D eigenvalue weighted by Crippen LogP contribution is -2.61. The van der Waals surface area contributed by atoms with Gasteiger partial charge in [-0.25, -0.2) is 4.79 Å². The van der Waals surface area contributed by atoms with E-state index in [-0.39, 0.29) is 25.9 Å². The van der Waals surface area contributed by atoms with Crippen LogP contribution in [-0.4, -0.2) is 89.2 Å². The Hall–Kier alpha value is -4.62. The molecule has 12 nitrogen and oxygen atoms in total. The number of allylic oxidation sites excluding steroid dienone is 18. The Morgan fingerprint density at radius 2 is 0.831 bits per heavy atom. The molecule has 1 rings (SSSR count). The molecule has 1 heterocycles. The van der Waals surface area contributed by atoms with Gasteiger partial charge in [-0.3, -0.25) is 14.4 Å². The lowest BCUT2D eigenvalue weighted by Gasteiger charge is -2.40. The lowest BCUT2D eigenvalue weighted by atomic mass is 9.98. The van der Waals surface area contributed by atoms with E-state index in [1.807, 2.05) is 6.08 Å². The van der Waals surface area contributed by atoms with Gasteiger partial charge in [0.1, 0.15) is 18.8 Å². The summed E-state index contributed by atoms with van der Waals surface area (Å²) in [5.74, 6) is -3.23. The quantitative estimate of drug-likeness (QED) is 0.0228. The topological polar surface area (TPSA) is 175 Å². The summed E-state index contributed by atoms with van der Waals surface area (Å²) in [5, 5.41) is 31.5. The molecular formula is C65H104O12. The summed E-state index contributed by atoms with van der Waals surface area (Å²) < 4.78 is 28.4. The van der Waals surface area contributed by atoms with Crippen molar-refractivity contribution in [2.75, 3.05) is 13.2 Å². The van der Waals surface area contributed by atoms with Crippen molar-refractivity contribution in [1.82, 2.24) is 0 Å². The van der Waals surface area contributed by atoms with Crippen LogP contribution in [-0.2, 0) is 42.9 Å². The van der Waals surface area contributed by atoms with E-state index in [0.717, 1.165) is 135 Å². The van der Waals surface area contributed by atoms with Crippen molar-refractivity contribution in [3.63, 3.8) is 0 Å². The van der Waals surface area contributed by atoms with Gasteiger partial charge in [0.2, 0.25) is 0 Å². The zero-order chi connectivity index (χ0) is 56.1. The van der Waals surface area contributed by atoms with E-state index in [1.54, 1.807) is 0 Å². The molecule has 1 aliphatic heterocycles. The predicted octanol–water partition coefficient (Wildman–Crippen LogP) is 15.4. The Morgan fingerprint density at radius 1 is 0.442 bits per heavy atom. The molecule has 1 saturated heterocycles. The first-order valence-corrected chi connectivity index (χ1v) is 29.9. The van der Waals surface area contributed by atoms with Gasteiger partial charge in [-0.15, -0.1) is 0 Å². The SMILES string of the molecule is CC/C=C\C/C=C\C/C=C\C/C=C\C/C=C\CCCC(=O)OCC(COC1OC(C(=O)O)C(O)C(O)C1OC(=O)CCCCCCCCC/C=C\C/C=C\C/C=C\CC)OC(=O)CCCCCCC/C=C\CCCCCC. The average Bonchev–Trinajstić information content (AvgIpc) is 3.42. The van der Waals surface area contributed by atoms with Crippen LogP contribution in [0.5, 0.6) is 0 Å². The van der Waals surface area contributed by atoms with Crippen molar-refractivity contribution < 1.29 is 58.2 Å².